The number of nitrogens with one attached hydrogen (secondary N) is 2. The van der Waals surface area contributed by atoms with E-state index >= 15 is 0 Å². The van der Waals surface area contributed by atoms with Crippen LogP contribution >= 0.6 is 11.8 Å². The lowest BCUT2D eigenvalue weighted by Gasteiger charge is -2.19. The first-order chi connectivity index (χ1) is 13.0. The summed E-state index contributed by atoms with van der Waals surface area (Å²) in [6.07, 6.45) is 4.21. The Labute approximate surface area is 160 Å². The van der Waals surface area contributed by atoms with Crippen molar-refractivity contribution in [3.8, 4) is 0 Å². The molecule has 7 nitrogen and oxygen atoms in total. The van der Waals surface area contributed by atoms with Crippen molar-refractivity contribution >= 4 is 28.6 Å². The third kappa shape index (κ3) is 4.00. The van der Waals surface area contributed by atoms with Crippen LogP contribution in [0.2, 0.25) is 0 Å². The molecule has 0 spiro atoms. The van der Waals surface area contributed by atoms with Gasteiger partial charge in [-0.3, -0.25) is 9.59 Å². The Kier molecular flexibility index (Phi) is 5.85. The average Bonchev–Trinajstić information content (AvgIpc) is 3.07. The van der Waals surface area contributed by atoms with Crippen molar-refractivity contribution < 1.29 is 4.79 Å². The van der Waals surface area contributed by atoms with Crippen molar-refractivity contribution in [1.82, 2.24) is 19.4 Å². The van der Waals surface area contributed by atoms with Gasteiger partial charge < -0.3 is 14.9 Å². The molecule has 0 aliphatic rings. The first-order valence-corrected chi connectivity index (χ1v) is 10.0. The number of aromatic amines is 1. The highest BCUT2D eigenvalue weighted by molar-refractivity contribution is 7.98. The number of aromatic nitrogens is 3. The highest BCUT2D eigenvalue weighted by Crippen LogP contribution is 2.13. The van der Waals surface area contributed by atoms with Crippen LogP contribution in [0.5, 0.6) is 0 Å². The molecule has 2 aromatic heterocycles. The van der Waals surface area contributed by atoms with Gasteiger partial charge in [0.25, 0.3) is 5.56 Å². The molecule has 0 aliphatic heterocycles. The number of carbonyl (C=O) groups excluding carboxylic acids is 1. The van der Waals surface area contributed by atoms with Crippen LogP contribution in [0.1, 0.15) is 18.2 Å². The Bertz CT molecular complexity index is 1070. The topological polar surface area (TPSA) is 88.9 Å². The molecule has 27 heavy (non-hydrogen) atoms. The van der Waals surface area contributed by atoms with Crippen LogP contribution in [0.3, 0.4) is 0 Å². The molecule has 0 saturated carbocycles. The maximum atomic E-state index is 12.9. The quantitative estimate of drug-likeness (QED) is 0.646. The maximum absolute atomic E-state index is 12.9. The number of carbonyl (C=O) groups is 1. The number of hydrogen-bond acceptors (Lipinski definition) is 4. The molecule has 1 aromatic carbocycles. The number of fused-ring (bicyclic) bond motifs is 1. The molecular formula is C19H22N4O3S. The number of aryl methyl sites for hydroxylation is 1. The van der Waals surface area contributed by atoms with Gasteiger partial charge in [0.1, 0.15) is 6.04 Å². The number of benzene rings is 1. The number of H-pyrrole nitrogens is 1. The Morgan fingerprint density at radius 2 is 2.00 bits per heavy atom. The predicted octanol–water partition coefficient (Wildman–Crippen LogP) is 1.64. The normalized spacial score (nSPS) is 12.2. The van der Waals surface area contributed by atoms with Crippen LogP contribution in [0.25, 0.3) is 10.9 Å². The first kappa shape index (κ1) is 19.0. The second-order valence-corrected chi connectivity index (χ2v) is 7.26. The van der Waals surface area contributed by atoms with Gasteiger partial charge in [-0.2, -0.15) is 11.8 Å². The lowest BCUT2D eigenvalue weighted by Crippen LogP contribution is -2.44. The molecule has 0 saturated heterocycles. The van der Waals surface area contributed by atoms with E-state index in [0.717, 1.165) is 10.3 Å². The number of amides is 1. The van der Waals surface area contributed by atoms with Crippen LogP contribution in [0.4, 0.5) is 0 Å². The third-order valence-corrected chi connectivity index (χ3v) is 5.19. The SMILES string of the molecule is CSCC[C@@H](C(=O)NCc1cccn1C)n1c(=O)[nH]c2ccccc2c1=O. The summed E-state index contributed by atoms with van der Waals surface area (Å²) in [5.74, 6) is 0.314. The van der Waals surface area contributed by atoms with Crippen molar-refractivity contribution in [2.75, 3.05) is 12.0 Å². The number of thioether (sulfide) groups is 1. The van der Waals surface area contributed by atoms with Crippen molar-refractivity contribution in [2.24, 2.45) is 7.05 Å². The molecule has 0 bridgehead atoms. The minimum atomic E-state index is -0.862. The highest BCUT2D eigenvalue weighted by atomic mass is 32.2. The van der Waals surface area contributed by atoms with Gasteiger partial charge in [-0.1, -0.05) is 12.1 Å². The fourth-order valence-corrected chi connectivity index (χ4v) is 3.50. The van der Waals surface area contributed by atoms with Crippen LogP contribution in [-0.2, 0) is 18.4 Å². The smallest absolute Gasteiger partial charge is 0.329 e. The average molecular weight is 386 g/mol. The molecule has 1 atom stereocenters. The minimum absolute atomic E-state index is 0.332. The molecule has 142 valence electrons. The molecule has 2 N–H and O–H groups in total. The lowest BCUT2D eigenvalue weighted by molar-refractivity contribution is -0.124. The van der Waals surface area contributed by atoms with Crippen molar-refractivity contribution in [3.05, 3.63) is 69.1 Å². The molecule has 0 radical (unpaired) electrons. The van der Waals surface area contributed by atoms with Crippen molar-refractivity contribution in [2.45, 2.75) is 19.0 Å². The van der Waals surface area contributed by atoms with Gasteiger partial charge in [-0.25, -0.2) is 9.36 Å². The summed E-state index contributed by atoms with van der Waals surface area (Å²) in [5, 5.41) is 3.24. The van der Waals surface area contributed by atoms with Gasteiger partial charge in [-0.05, 0) is 42.7 Å². The van der Waals surface area contributed by atoms with E-state index in [4.69, 9.17) is 0 Å². The lowest BCUT2D eigenvalue weighted by atomic mass is 10.2. The summed E-state index contributed by atoms with van der Waals surface area (Å²) in [5.41, 5.74) is 0.386. The highest BCUT2D eigenvalue weighted by Gasteiger charge is 2.24. The van der Waals surface area contributed by atoms with Crippen LogP contribution in [0.15, 0.2) is 52.2 Å². The Balaban J connectivity index is 1.96. The Hall–Kier alpha value is -2.74. The van der Waals surface area contributed by atoms with Gasteiger partial charge in [0.05, 0.1) is 17.4 Å². The predicted molar refractivity (Wildman–Crippen MR) is 108 cm³/mol. The standard InChI is InChI=1S/C19H22N4O3S/c1-22-10-5-6-13(22)12-20-17(24)16(9-11-27-2)23-18(25)14-7-3-4-8-15(14)21-19(23)26/h3-8,10,16H,9,11-12H2,1-2H3,(H,20,24)(H,21,26)/t16-/m0/s1. The summed E-state index contributed by atoms with van der Waals surface area (Å²) < 4.78 is 2.95. The largest absolute Gasteiger partial charge is 0.353 e. The summed E-state index contributed by atoms with van der Waals surface area (Å²) in [7, 11) is 1.89. The number of nitrogens with zero attached hydrogens (tertiary/aromatic N) is 2. The van der Waals surface area contributed by atoms with Gasteiger partial charge in [0.15, 0.2) is 0 Å². The molecule has 0 fully saturated rings. The van der Waals surface area contributed by atoms with Gasteiger partial charge in [-0.15, -0.1) is 0 Å². The maximum Gasteiger partial charge on any atom is 0.329 e. The summed E-state index contributed by atoms with van der Waals surface area (Å²) in [6.45, 7) is 0.332. The molecule has 8 heteroatoms. The molecule has 3 rings (SSSR count). The minimum Gasteiger partial charge on any atom is -0.353 e. The summed E-state index contributed by atoms with van der Waals surface area (Å²) >= 11 is 1.56. The zero-order chi connectivity index (χ0) is 19.4. The van der Waals surface area contributed by atoms with Gasteiger partial charge in [0, 0.05) is 18.9 Å². The van der Waals surface area contributed by atoms with Crippen LogP contribution in [0, 0.1) is 0 Å². The first-order valence-electron chi connectivity index (χ1n) is 8.63. The summed E-state index contributed by atoms with van der Waals surface area (Å²) in [4.78, 5) is 41.0. The van der Waals surface area contributed by atoms with E-state index in [1.807, 2.05) is 36.2 Å². The fraction of sp³-hybridized carbons (Fsp3) is 0.316. The molecular weight excluding hydrogens is 364 g/mol. The second kappa shape index (κ2) is 8.30. The van der Waals surface area contributed by atoms with Crippen LogP contribution in [-0.4, -0.2) is 32.0 Å². The monoisotopic (exact) mass is 386 g/mol. The van der Waals surface area contributed by atoms with E-state index in [0.29, 0.717) is 29.6 Å². The van der Waals surface area contributed by atoms with Gasteiger partial charge in [0.2, 0.25) is 5.91 Å². The van der Waals surface area contributed by atoms with E-state index in [-0.39, 0.29) is 5.91 Å². The number of rotatable bonds is 7. The molecule has 2 heterocycles. The number of hydrogen-bond donors (Lipinski definition) is 2. The second-order valence-electron chi connectivity index (χ2n) is 6.28. The van der Waals surface area contributed by atoms with Crippen LogP contribution < -0.4 is 16.6 Å². The van der Waals surface area contributed by atoms with E-state index < -0.39 is 17.3 Å². The Morgan fingerprint density at radius 3 is 2.70 bits per heavy atom. The zero-order valence-corrected chi connectivity index (χ0v) is 16.1. The Morgan fingerprint density at radius 1 is 1.22 bits per heavy atom. The van der Waals surface area contributed by atoms with Crippen molar-refractivity contribution in [3.63, 3.8) is 0 Å². The molecule has 0 aliphatic carbocycles. The third-order valence-electron chi connectivity index (χ3n) is 4.54. The van der Waals surface area contributed by atoms with E-state index in [1.54, 1.807) is 36.0 Å². The molecule has 3 aromatic rings. The zero-order valence-electron chi connectivity index (χ0n) is 15.3. The number of para-hydroxylation sites is 1. The molecule has 1 amide bonds. The van der Waals surface area contributed by atoms with E-state index in [9.17, 15) is 14.4 Å². The van der Waals surface area contributed by atoms with E-state index in [1.165, 1.54) is 0 Å². The summed E-state index contributed by atoms with van der Waals surface area (Å²) in [6, 6.07) is 9.75. The van der Waals surface area contributed by atoms with E-state index in [2.05, 4.69) is 10.3 Å². The van der Waals surface area contributed by atoms with Crippen molar-refractivity contribution in [1.29, 1.82) is 0 Å². The molecule has 0 unspecified atom stereocenters. The fourth-order valence-electron chi connectivity index (χ4n) is 3.04. The van der Waals surface area contributed by atoms with Gasteiger partial charge >= 0.3 is 5.69 Å².